The van der Waals surface area contributed by atoms with Gasteiger partial charge in [-0.2, -0.15) is 0 Å². The Labute approximate surface area is 132 Å². The van der Waals surface area contributed by atoms with Crippen molar-refractivity contribution in [3.05, 3.63) is 26.6 Å². The molecule has 0 saturated heterocycles. The lowest BCUT2D eigenvalue weighted by Gasteiger charge is -2.08. The third kappa shape index (κ3) is 2.56. The topological polar surface area (TPSA) is 61.2 Å². The molecule has 0 N–H and O–H groups in total. The number of aryl methyl sites for hydroxylation is 2. The van der Waals surface area contributed by atoms with Gasteiger partial charge in [0.15, 0.2) is 0 Å². The second-order valence-corrected chi connectivity index (χ2v) is 6.98. The lowest BCUT2D eigenvalue weighted by molar-refractivity contribution is 0.0383. The summed E-state index contributed by atoms with van der Waals surface area (Å²) in [6, 6.07) is 0. The molecule has 2 aromatic rings. The molecule has 0 saturated carbocycles. The van der Waals surface area contributed by atoms with Crippen LogP contribution in [0.2, 0.25) is 0 Å². The number of thiophene rings is 1. The van der Waals surface area contributed by atoms with Crippen molar-refractivity contribution in [2.45, 2.75) is 59.1 Å². The minimum Gasteiger partial charge on any atom is -0.459 e. The average Bonchev–Trinajstić information content (AvgIpc) is 2.63. The van der Waals surface area contributed by atoms with Crippen molar-refractivity contribution < 1.29 is 9.53 Å². The van der Waals surface area contributed by atoms with Crippen LogP contribution in [0.25, 0.3) is 10.2 Å². The van der Waals surface area contributed by atoms with Gasteiger partial charge in [0.25, 0.3) is 5.56 Å². The van der Waals surface area contributed by atoms with Gasteiger partial charge in [-0.25, -0.2) is 9.78 Å². The van der Waals surface area contributed by atoms with Crippen molar-refractivity contribution in [1.29, 1.82) is 0 Å². The van der Waals surface area contributed by atoms with E-state index in [1.54, 1.807) is 4.57 Å². The zero-order valence-corrected chi connectivity index (χ0v) is 14.0. The second kappa shape index (κ2) is 5.83. The molecule has 22 heavy (non-hydrogen) atoms. The van der Waals surface area contributed by atoms with Crippen molar-refractivity contribution >= 4 is 27.5 Å². The van der Waals surface area contributed by atoms with Gasteiger partial charge in [-0.05, 0) is 39.2 Å². The summed E-state index contributed by atoms with van der Waals surface area (Å²) in [5.74, 6) is 0.482. The maximum absolute atomic E-state index is 12.8. The van der Waals surface area contributed by atoms with Crippen LogP contribution in [0.1, 0.15) is 54.2 Å². The molecule has 2 aromatic heterocycles. The molecule has 0 fully saturated rings. The van der Waals surface area contributed by atoms with E-state index in [0.717, 1.165) is 38.1 Å². The van der Waals surface area contributed by atoms with E-state index in [9.17, 15) is 9.59 Å². The predicted octanol–water partition coefficient (Wildman–Crippen LogP) is 3.06. The lowest BCUT2D eigenvalue weighted by Crippen LogP contribution is -2.24. The van der Waals surface area contributed by atoms with Crippen LogP contribution >= 0.6 is 11.3 Å². The number of esters is 1. The number of rotatable bonds is 2. The number of ether oxygens (including phenoxy) is 1. The lowest BCUT2D eigenvalue weighted by atomic mass is 10.2. The van der Waals surface area contributed by atoms with Gasteiger partial charge in [0.05, 0.1) is 11.5 Å². The summed E-state index contributed by atoms with van der Waals surface area (Å²) >= 11 is 1.27. The van der Waals surface area contributed by atoms with E-state index in [2.05, 4.69) is 4.98 Å². The Hall–Kier alpha value is -1.69. The Morgan fingerprint density at radius 2 is 2.09 bits per heavy atom. The Balaban J connectivity index is 2.17. The summed E-state index contributed by atoms with van der Waals surface area (Å²) in [5.41, 5.74) is 0.682. The highest BCUT2D eigenvalue weighted by Gasteiger charge is 2.23. The van der Waals surface area contributed by atoms with E-state index in [-0.39, 0.29) is 17.6 Å². The smallest absolute Gasteiger partial charge is 0.348 e. The first-order valence-electron chi connectivity index (χ1n) is 7.73. The first-order chi connectivity index (χ1) is 10.5. The van der Waals surface area contributed by atoms with E-state index >= 15 is 0 Å². The van der Waals surface area contributed by atoms with Gasteiger partial charge in [0, 0.05) is 13.0 Å². The number of hydrogen-bond donors (Lipinski definition) is 0. The number of hydrogen-bond acceptors (Lipinski definition) is 5. The van der Waals surface area contributed by atoms with E-state index in [1.807, 2.05) is 20.8 Å². The van der Waals surface area contributed by atoms with Gasteiger partial charge in [-0.3, -0.25) is 9.36 Å². The summed E-state index contributed by atoms with van der Waals surface area (Å²) in [4.78, 5) is 30.8. The van der Waals surface area contributed by atoms with Gasteiger partial charge in [0.1, 0.15) is 15.5 Å². The third-order valence-electron chi connectivity index (χ3n) is 3.94. The summed E-state index contributed by atoms with van der Waals surface area (Å²) in [7, 11) is 0. The Bertz CT molecular complexity index is 789. The van der Waals surface area contributed by atoms with Crippen LogP contribution in [-0.4, -0.2) is 21.6 Å². The molecule has 0 spiro atoms. The van der Waals surface area contributed by atoms with Crippen molar-refractivity contribution in [2.75, 3.05) is 0 Å². The largest absolute Gasteiger partial charge is 0.459 e. The molecule has 0 amide bonds. The summed E-state index contributed by atoms with van der Waals surface area (Å²) in [5, 5.41) is 0.575. The molecular weight excluding hydrogens is 300 g/mol. The highest BCUT2D eigenvalue weighted by atomic mass is 32.1. The first-order valence-corrected chi connectivity index (χ1v) is 8.54. The molecule has 0 bridgehead atoms. The zero-order valence-electron chi connectivity index (χ0n) is 13.1. The van der Waals surface area contributed by atoms with Crippen molar-refractivity contribution in [2.24, 2.45) is 0 Å². The van der Waals surface area contributed by atoms with Crippen LogP contribution in [0.4, 0.5) is 0 Å². The zero-order chi connectivity index (χ0) is 15.9. The van der Waals surface area contributed by atoms with E-state index in [1.165, 1.54) is 11.3 Å². The Morgan fingerprint density at radius 3 is 2.82 bits per heavy atom. The van der Waals surface area contributed by atoms with Crippen molar-refractivity contribution in [3.63, 3.8) is 0 Å². The molecule has 3 heterocycles. The van der Waals surface area contributed by atoms with Crippen molar-refractivity contribution in [1.82, 2.24) is 9.55 Å². The minimum atomic E-state index is -0.366. The number of nitrogens with zero attached hydrogens (tertiary/aromatic N) is 2. The molecule has 0 unspecified atom stereocenters. The second-order valence-electron chi connectivity index (χ2n) is 5.99. The van der Waals surface area contributed by atoms with Crippen molar-refractivity contribution in [3.8, 4) is 0 Å². The van der Waals surface area contributed by atoms with Crippen LogP contribution in [0.5, 0.6) is 0 Å². The molecule has 1 aliphatic rings. The Kier molecular flexibility index (Phi) is 4.04. The molecule has 5 nitrogen and oxygen atoms in total. The first kappa shape index (κ1) is 15.2. The highest BCUT2D eigenvalue weighted by molar-refractivity contribution is 7.20. The number of fused-ring (bicyclic) bond motifs is 2. The van der Waals surface area contributed by atoms with Crippen LogP contribution in [0.3, 0.4) is 0 Å². The van der Waals surface area contributed by atoms with Gasteiger partial charge in [-0.1, -0.05) is 6.42 Å². The van der Waals surface area contributed by atoms with Crippen LogP contribution in [0, 0.1) is 6.92 Å². The Morgan fingerprint density at radius 1 is 1.32 bits per heavy atom. The van der Waals surface area contributed by atoms with Gasteiger partial charge in [-0.15, -0.1) is 11.3 Å². The molecule has 3 rings (SSSR count). The molecule has 0 aliphatic carbocycles. The fourth-order valence-corrected chi connectivity index (χ4v) is 3.95. The van der Waals surface area contributed by atoms with Crippen LogP contribution in [0.15, 0.2) is 4.79 Å². The number of carbonyl (C=O) groups excluding carboxylic acids is 1. The van der Waals surface area contributed by atoms with E-state index < -0.39 is 0 Å². The molecule has 6 heteroatoms. The fourth-order valence-electron chi connectivity index (χ4n) is 2.87. The molecule has 0 atom stereocenters. The monoisotopic (exact) mass is 320 g/mol. The molecule has 118 valence electrons. The summed E-state index contributed by atoms with van der Waals surface area (Å²) in [6.07, 6.45) is 3.84. The normalized spacial score (nSPS) is 14.9. The molecule has 0 aromatic carbocycles. The summed E-state index contributed by atoms with van der Waals surface area (Å²) < 4.78 is 7.05. The quantitative estimate of drug-likeness (QED) is 0.798. The predicted molar refractivity (Wildman–Crippen MR) is 86.7 cm³/mol. The molecule has 1 aliphatic heterocycles. The maximum Gasteiger partial charge on any atom is 0.348 e. The highest BCUT2D eigenvalue weighted by Crippen LogP contribution is 2.29. The summed E-state index contributed by atoms with van der Waals surface area (Å²) in [6.45, 7) is 6.16. The molecule has 0 radical (unpaired) electrons. The maximum atomic E-state index is 12.8. The standard InChI is InChI=1S/C16H20N2O3S/c1-9(2)21-16(20)13-10(3)12-14(22-13)17-11-7-5-4-6-8-18(11)15(12)19/h9H,4-8H2,1-3H3. The molecular formula is C16H20N2O3S. The SMILES string of the molecule is Cc1c(C(=O)OC(C)C)sc2nc3n(c(=O)c12)CCCCC3. The van der Waals surface area contributed by atoms with Gasteiger partial charge < -0.3 is 4.74 Å². The van der Waals surface area contributed by atoms with E-state index in [0.29, 0.717) is 20.7 Å². The number of carbonyl (C=O) groups is 1. The van der Waals surface area contributed by atoms with Crippen LogP contribution < -0.4 is 5.56 Å². The minimum absolute atomic E-state index is 0.0146. The van der Waals surface area contributed by atoms with E-state index in [4.69, 9.17) is 4.74 Å². The van der Waals surface area contributed by atoms with Gasteiger partial charge in [0.2, 0.25) is 0 Å². The number of aromatic nitrogens is 2. The fraction of sp³-hybridized carbons (Fsp3) is 0.562. The average molecular weight is 320 g/mol. The van der Waals surface area contributed by atoms with Gasteiger partial charge >= 0.3 is 5.97 Å². The van der Waals surface area contributed by atoms with Crippen LogP contribution in [-0.2, 0) is 17.7 Å². The third-order valence-corrected chi connectivity index (χ3v) is 5.11.